The topological polar surface area (TPSA) is 64.7 Å². The van der Waals surface area contributed by atoms with Gasteiger partial charge in [-0.25, -0.2) is 4.39 Å². The van der Waals surface area contributed by atoms with Gasteiger partial charge in [-0.15, -0.1) is 0 Å². The van der Waals surface area contributed by atoms with Crippen LogP contribution in [0.25, 0.3) is 10.9 Å². The second kappa shape index (κ2) is 8.92. The first-order valence-corrected chi connectivity index (χ1v) is 10.4. The van der Waals surface area contributed by atoms with Crippen LogP contribution in [-0.4, -0.2) is 67.3 Å². The Morgan fingerprint density at radius 1 is 1.39 bits per heavy atom. The Morgan fingerprint density at radius 2 is 2.32 bits per heavy atom. The SMILES string of the molecule is CCNC(=NCC1CN2CCCC2CO1)NCCc1c[nH]c2ccc(F)cc12. The molecule has 0 aliphatic carbocycles. The number of aliphatic imine (C=N–C) groups is 1. The molecule has 2 fully saturated rings. The van der Waals surface area contributed by atoms with Gasteiger partial charge in [0.05, 0.1) is 19.3 Å². The van der Waals surface area contributed by atoms with E-state index in [-0.39, 0.29) is 11.9 Å². The minimum absolute atomic E-state index is 0.168. The molecule has 0 amide bonds. The molecular formula is C21H30FN5O. The predicted molar refractivity (Wildman–Crippen MR) is 110 cm³/mol. The number of guanidine groups is 1. The van der Waals surface area contributed by atoms with Gasteiger partial charge in [-0.2, -0.15) is 0 Å². The Hall–Kier alpha value is -2.12. The van der Waals surface area contributed by atoms with Crippen molar-refractivity contribution >= 4 is 16.9 Å². The largest absolute Gasteiger partial charge is 0.373 e. The summed E-state index contributed by atoms with van der Waals surface area (Å²) in [6.07, 6.45) is 5.46. The molecule has 1 aromatic heterocycles. The van der Waals surface area contributed by atoms with Crippen molar-refractivity contribution in [1.82, 2.24) is 20.5 Å². The molecule has 2 saturated heterocycles. The number of hydrogen-bond donors (Lipinski definition) is 3. The number of rotatable bonds is 6. The van der Waals surface area contributed by atoms with Crippen molar-refractivity contribution in [2.24, 2.45) is 4.99 Å². The van der Waals surface area contributed by atoms with Crippen molar-refractivity contribution in [2.75, 3.05) is 39.3 Å². The molecule has 7 heteroatoms. The van der Waals surface area contributed by atoms with Crippen LogP contribution in [0.5, 0.6) is 0 Å². The molecule has 3 heterocycles. The van der Waals surface area contributed by atoms with Gasteiger partial charge in [0.25, 0.3) is 0 Å². The number of aromatic amines is 1. The standard InChI is InChI=1S/C21H30FN5O/c1-2-23-21(26-12-18-13-27-9-3-4-17(27)14-28-18)24-8-7-15-11-25-20-6-5-16(22)10-19(15)20/h5-6,10-11,17-18,25H,2-4,7-9,12-14H2,1H3,(H2,23,24,26). The first-order chi connectivity index (χ1) is 13.7. The van der Waals surface area contributed by atoms with E-state index in [1.165, 1.54) is 25.5 Å². The summed E-state index contributed by atoms with van der Waals surface area (Å²) in [5.41, 5.74) is 2.07. The van der Waals surface area contributed by atoms with Gasteiger partial charge in [0, 0.05) is 42.8 Å². The zero-order valence-corrected chi connectivity index (χ0v) is 16.5. The fourth-order valence-corrected chi connectivity index (χ4v) is 4.20. The molecule has 2 aliphatic rings. The van der Waals surface area contributed by atoms with E-state index in [0.717, 1.165) is 55.1 Å². The molecule has 2 aliphatic heterocycles. The second-order valence-corrected chi connectivity index (χ2v) is 7.65. The smallest absolute Gasteiger partial charge is 0.191 e. The van der Waals surface area contributed by atoms with Gasteiger partial charge in [0.1, 0.15) is 5.82 Å². The predicted octanol–water partition coefficient (Wildman–Crippen LogP) is 2.27. The Bertz CT molecular complexity index is 820. The molecule has 2 atom stereocenters. The summed E-state index contributed by atoms with van der Waals surface area (Å²) in [6, 6.07) is 5.47. The number of morpholine rings is 1. The van der Waals surface area contributed by atoms with Crippen LogP contribution in [0.4, 0.5) is 4.39 Å². The van der Waals surface area contributed by atoms with Crippen molar-refractivity contribution in [3.05, 3.63) is 35.8 Å². The summed E-state index contributed by atoms with van der Waals surface area (Å²) in [5.74, 6) is 0.601. The molecule has 0 bridgehead atoms. The number of benzene rings is 1. The van der Waals surface area contributed by atoms with Crippen LogP contribution in [0.2, 0.25) is 0 Å². The quantitative estimate of drug-likeness (QED) is 0.526. The Balaban J connectivity index is 1.30. The number of nitrogens with one attached hydrogen (secondary N) is 3. The molecule has 0 radical (unpaired) electrons. The van der Waals surface area contributed by atoms with Crippen molar-refractivity contribution in [3.8, 4) is 0 Å². The van der Waals surface area contributed by atoms with Gasteiger partial charge in [-0.05, 0) is 56.5 Å². The third-order valence-corrected chi connectivity index (χ3v) is 5.68. The Labute approximate surface area is 165 Å². The highest BCUT2D eigenvalue weighted by Crippen LogP contribution is 2.22. The molecule has 4 rings (SSSR count). The van der Waals surface area contributed by atoms with Crippen LogP contribution in [0.15, 0.2) is 29.4 Å². The molecule has 3 N–H and O–H groups in total. The van der Waals surface area contributed by atoms with Gasteiger partial charge < -0.3 is 20.4 Å². The first-order valence-electron chi connectivity index (χ1n) is 10.4. The van der Waals surface area contributed by atoms with Crippen molar-refractivity contribution in [1.29, 1.82) is 0 Å². The third kappa shape index (κ3) is 4.47. The van der Waals surface area contributed by atoms with Crippen LogP contribution >= 0.6 is 0 Å². The summed E-state index contributed by atoms with van der Waals surface area (Å²) in [6.45, 7) is 7.27. The van der Waals surface area contributed by atoms with Crippen LogP contribution in [0.1, 0.15) is 25.3 Å². The van der Waals surface area contributed by atoms with Crippen molar-refractivity contribution in [3.63, 3.8) is 0 Å². The lowest BCUT2D eigenvalue weighted by Crippen LogP contribution is -2.47. The molecule has 6 nitrogen and oxygen atoms in total. The van der Waals surface area contributed by atoms with Crippen LogP contribution < -0.4 is 10.6 Å². The van der Waals surface area contributed by atoms with Crippen LogP contribution in [0, 0.1) is 5.82 Å². The lowest BCUT2D eigenvalue weighted by molar-refractivity contribution is -0.0432. The zero-order valence-electron chi connectivity index (χ0n) is 16.5. The Morgan fingerprint density at radius 3 is 3.21 bits per heavy atom. The van der Waals surface area contributed by atoms with Gasteiger partial charge in [-0.3, -0.25) is 9.89 Å². The first kappa shape index (κ1) is 19.2. The number of ether oxygens (including phenoxy) is 1. The van der Waals surface area contributed by atoms with Crippen LogP contribution in [-0.2, 0) is 11.2 Å². The minimum Gasteiger partial charge on any atom is -0.373 e. The highest BCUT2D eigenvalue weighted by Gasteiger charge is 2.31. The fraction of sp³-hybridized carbons (Fsp3) is 0.571. The molecule has 28 heavy (non-hydrogen) atoms. The maximum atomic E-state index is 13.5. The summed E-state index contributed by atoms with van der Waals surface area (Å²) < 4.78 is 19.5. The molecule has 2 aromatic rings. The summed E-state index contributed by atoms with van der Waals surface area (Å²) in [7, 11) is 0. The van der Waals surface area contributed by atoms with E-state index in [0.29, 0.717) is 12.6 Å². The fourth-order valence-electron chi connectivity index (χ4n) is 4.20. The van der Waals surface area contributed by atoms with E-state index < -0.39 is 0 Å². The minimum atomic E-state index is -0.205. The van der Waals surface area contributed by atoms with Crippen molar-refractivity contribution < 1.29 is 9.13 Å². The number of H-pyrrole nitrogens is 1. The molecule has 1 aromatic carbocycles. The van der Waals surface area contributed by atoms with Crippen LogP contribution in [0.3, 0.4) is 0 Å². The van der Waals surface area contributed by atoms with E-state index in [1.807, 2.05) is 6.20 Å². The van der Waals surface area contributed by atoms with E-state index >= 15 is 0 Å². The number of halogens is 1. The maximum absolute atomic E-state index is 13.5. The van der Waals surface area contributed by atoms with E-state index in [1.54, 1.807) is 12.1 Å². The van der Waals surface area contributed by atoms with Gasteiger partial charge in [-0.1, -0.05) is 0 Å². The number of nitrogens with zero attached hydrogens (tertiary/aromatic N) is 2. The number of aromatic nitrogens is 1. The summed E-state index contributed by atoms with van der Waals surface area (Å²) >= 11 is 0. The molecule has 152 valence electrons. The lowest BCUT2D eigenvalue weighted by Gasteiger charge is -2.34. The van der Waals surface area contributed by atoms with E-state index in [4.69, 9.17) is 9.73 Å². The molecular weight excluding hydrogens is 357 g/mol. The molecule has 0 saturated carbocycles. The van der Waals surface area contributed by atoms with Gasteiger partial charge in [0.2, 0.25) is 0 Å². The normalized spacial score (nSPS) is 23.1. The Kier molecular flexibility index (Phi) is 6.12. The number of hydrogen-bond acceptors (Lipinski definition) is 3. The highest BCUT2D eigenvalue weighted by molar-refractivity contribution is 5.83. The van der Waals surface area contributed by atoms with Crippen molar-refractivity contribution in [2.45, 2.75) is 38.3 Å². The summed E-state index contributed by atoms with van der Waals surface area (Å²) in [5, 5.41) is 7.63. The highest BCUT2D eigenvalue weighted by atomic mass is 19.1. The second-order valence-electron chi connectivity index (χ2n) is 7.65. The zero-order chi connectivity index (χ0) is 19.3. The number of fused-ring (bicyclic) bond motifs is 2. The molecule has 0 spiro atoms. The van der Waals surface area contributed by atoms with E-state index in [9.17, 15) is 4.39 Å². The van der Waals surface area contributed by atoms with Gasteiger partial charge in [0.15, 0.2) is 5.96 Å². The summed E-state index contributed by atoms with van der Waals surface area (Å²) in [4.78, 5) is 10.5. The lowest BCUT2D eigenvalue weighted by atomic mass is 10.1. The third-order valence-electron chi connectivity index (χ3n) is 5.68. The molecule has 2 unspecified atom stereocenters. The monoisotopic (exact) mass is 387 g/mol. The average Bonchev–Trinajstić information content (AvgIpc) is 3.32. The maximum Gasteiger partial charge on any atom is 0.191 e. The van der Waals surface area contributed by atoms with Gasteiger partial charge >= 0.3 is 0 Å². The van der Waals surface area contributed by atoms with E-state index in [2.05, 4.69) is 27.4 Å². The average molecular weight is 388 g/mol.